The number of carbonyl (C=O) groups is 2. The van der Waals surface area contributed by atoms with E-state index in [0.717, 1.165) is 5.56 Å². The van der Waals surface area contributed by atoms with Crippen LogP contribution in [0.4, 0.5) is 0 Å². The minimum absolute atomic E-state index is 0.420. The first-order valence-electron chi connectivity index (χ1n) is 6.31. The third-order valence-corrected chi connectivity index (χ3v) is 2.73. The van der Waals surface area contributed by atoms with Gasteiger partial charge in [-0.15, -0.1) is 0 Å². The van der Waals surface area contributed by atoms with Crippen LogP contribution in [-0.2, 0) is 4.79 Å². The summed E-state index contributed by atoms with van der Waals surface area (Å²) in [7, 11) is 0. The van der Waals surface area contributed by atoms with E-state index in [2.05, 4.69) is 0 Å². The molecule has 0 aliphatic heterocycles. The van der Waals surface area contributed by atoms with Gasteiger partial charge in [0.25, 0.3) is 0 Å². The van der Waals surface area contributed by atoms with Crippen LogP contribution >= 0.6 is 0 Å². The Balaban J connectivity index is 2.64. The molecule has 0 radical (unpaired) electrons. The summed E-state index contributed by atoms with van der Waals surface area (Å²) in [4.78, 5) is 23.3. The molecule has 20 heavy (non-hydrogen) atoms. The third kappa shape index (κ3) is 3.62. The normalized spacial score (nSPS) is 12.0. The van der Waals surface area contributed by atoms with Gasteiger partial charge in [0.05, 0.1) is 0 Å². The molecule has 0 saturated heterocycles. The van der Waals surface area contributed by atoms with Crippen molar-refractivity contribution < 1.29 is 9.59 Å². The van der Waals surface area contributed by atoms with Gasteiger partial charge >= 0.3 is 0 Å². The van der Waals surface area contributed by atoms with Gasteiger partial charge in [0.2, 0.25) is 11.6 Å². The van der Waals surface area contributed by atoms with Crippen LogP contribution in [-0.4, -0.2) is 11.6 Å². The Kier molecular flexibility index (Phi) is 4.79. The largest absolute Gasteiger partial charge is 0.286 e. The molecule has 0 saturated carbocycles. The van der Waals surface area contributed by atoms with Gasteiger partial charge in [-0.05, 0) is 11.6 Å². The van der Waals surface area contributed by atoms with E-state index in [9.17, 15) is 9.59 Å². The van der Waals surface area contributed by atoms with Crippen molar-refractivity contribution in [1.29, 1.82) is 0 Å². The minimum Gasteiger partial charge on any atom is -0.286 e. The zero-order chi connectivity index (χ0) is 14.2. The Morgan fingerprint density at radius 1 is 0.550 bits per heavy atom. The summed E-state index contributed by atoms with van der Waals surface area (Å²) in [5, 5.41) is 0. The molecule has 0 aromatic heterocycles. The maximum absolute atomic E-state index is 11.9. The first-order valence-corrected chi connectivity index (χ1v) is 6.31. The van der Waals surface area contributed by atoms with Crippen molar-refractivity contribution >= 4 is 17.6 Å². The lowest BCUT2D eigenvalue weighted by Gasteiger charge is -2.04. The molecule has 1 aromatic rings. The van der Waals surface area contributed by atoms with Crippen LogP contribution in [0.15, 0.2) is 78.9 Å². The molecule has 2 heteroatoms. The first-order chi connectivity index (χ1) is 9.79. The van der Waals surface area contributed by atoms with Gasteiger partial charge < -0.3 is 0 Å². The van der Waals surface area contributed by atoms with Crippen LogP contribution in [0.25, 0.3) is 6.08 Å². The molecule has 1 aliphatic rings. The lowest BCUT2D eigenvalue weighted by molar-refractivity contribution is -0.110. The molecule has 0 amide bonds. The van der Waals surface area contributed by atoms with Crippen LogP contribution in [0.2, 0.25) is 0 Å². The molecule has 1 aromatic carbocycles. The van der Waals surface area contributed by atoms with Crippen LogP contribution in [0.5, 0.6) is 0 Å². The van der Waals surface area contributed by atoms with Gasteiger partial charge in [-0.1, -0.05) is 78.9 Å². The highest BCUT2D eigenvalue weighted by Crippen LogP contribution is 2.14. The average molecular weight is 262 g/mol. The number of hydrogen-bond acceptors (Lipinski definition) is 2. The Morgan fingerprint density at radius 3 is 1.65 bits per heavy atom. The predicted octanol–water partition coefficient (Wildman–Crippen LogP) is 3.71. The summed E-state index contributed by atoms with van der Waals surface area (Å²) >= 11 is 0. The van der Waals surface area contributed by atoms with Crippen LogP contribution in [0, 0.1) is 0 Å². The van der Waals surface area contributed by atoms with E-state index in [-0.39, 0.29) is 0 Å². The zero-order valence-corrected chi connectivity index (χ0v) is 10.9. The lowest BCUT2D eigenvalue weighted by atomic mass is 9.97. The minimum atomic E-state index is -0.481. The molecule has 0 spiro atoms. The summed E-state index contributed by atoms with van der Waals surface area (Å²) < 4.78 is 0. The fourth-order valence-electron chi connectivity index (χ4n) is 1.74. The average Bonchev–Trinajstić information content (AvgIpc) is 2.45. The standard InChI is InChI=1S/C18H14O2/c19-17-14-13-15-11-9-7-5-3-1-2-4-6-8-10-12-16(15)18(17)20/h1-14H. The fraction of sp³-hybridized carbons (Fsp3) is 0. The highest BCUT2D eigenvalue weighted by Gasteiger charge is 2.18. The molecule has 1 aliphatic carbocycles. The van der Waals surface area contributed by atoms with E-state index in [0.29, 0.717) is 5.56 Å². The molecule has 98 valence electrons. The van der Waals surface area contributed by atoms with Crippen molar-refractivity contribution in [1.82, 2.24) is 0 Å². The maximum atomic E-state index is 11.9. The van der Waals surface area contributed by atoms with Gasteiger partial charge in [-0.25, -0.2) is 0 Å². The maximum Gasteiger partial charge on any atom is 0.233 e. The topological polar surface area (TPSA) is 34.1 Å². The van der Waals surface area contributed by atoms with Gasteiger partial charge in [0.1, 0.15) is 0 Å². The van der Waals surface area contributed by atoms with E-state index in [1.807, 2.05) is 60.7 Å². The van der Waals surface area contributed by atoms with Gasteiger partial charge in [0.15, 0.2) is 0 Å². The second kappa shape index (κ2) is 7.00. The van der Waals surface area contributed by atoms with Gasteiger partial charge in [0, 0.05) is 5.56 Å². The fourth-order valence-corrected chi connectivity index (χ4v) is 1.74. The molecular weight excluding hydrogens is 248 g/mol. The number of fused-ring (bicyclic) bond motifs is 1. The number of allylic oxidation sites excluding steroid dienone is 1. The number of hydrogen-bond donors (Lipinski definition) is 0. The Hall–Kier alpha value is -2.74. The van der Waals surface area contributed by atoms with Crippen LogP contribution in [0.3, 0.4) is 0 Å². The van der Waals surface area contributed by atoms with E-state index in [1.165, 1.54) is 6.08 Å². The van der Waals surface area contributed by atoms with Crippen molar-refractivity contribution in [3.8, 4) is 0 Å². The molecule has 0 heterocycles. The molecule has 0 atom stereocenters. The van der Waals surface area contributed by atoms with Crippen molar-refractivity contribution in [2.45, 2.75) is 0 Å². The Labute approximate surface area is 118 Å². The van der Waals surface area contributed by atoms with Crippen LogP contribution in [0.1, 0.15) is 15.9 Å². The molecule has 0 fully saturated rings. The van der Waals surface area contributed by atoms with E-state index in [1.54, 1.807) is 18.2 Å². The molecule has 0 N–H and O–H groups in total. The zero-order valence-electron chi connectivity index (χ0n) is 10.9. The monoisotopic (exact) mass is 262 g/mol. The smallest absolute Gasteiger partial charge is 0.233 e. The Morgan fingerprint density at radius 2 is 1.05 bits per heavy atom. The summed E-state index contributed by atoms with van der Waals surface area (Å²) in [6, 6.07) is 22.2. The van der Waals surface area contributed by atoms with Crippen molar-refractivity contribution in [2.24, 2.45) is 0 Å². The number of ketones is 2. The van der Waals surface area contributed by atoms with Crippen molar-refractivity contribution in [2.75, 3.05) is 0 Å². The quantitative estimate of drug-likeness (QED) is 0.668. The molecule has 2 rings (SSSR count). The van der Waals surface area contributed by atoms with Gasteiger partial charge in [-0.3, -0.25) is 9.59 Å². The lowest BCUT2D eigenvalue weighted by Crippen LogP contribution is -2.15. The van der Waals surface area contributed by atoms with Gasteiger partial charge in [-0.2, -0.15) is 0 Å². The van der Waals surface area contributed by atoms with E-state index in [4.69, 9.17) is 0 Å². The molecule has 2 nitrogen and oxygen atoms in total. The first kappa shape index (κ1) is 13.7. The predicted molar refractivity (Wildman–Crippen MR) is 80.1 cm³/mol. The summed E-state index contributed by atoms with van der Waals surface area (Å²) in [5.74, 6) is -0.950. The van der Waals surface area contributed by atoms with Crippen molar-refractivity contribution in [3.63, 3.8) is 0 Å². The van der Waals surface area contributed by atoms with E-state index < -0.39 is 11.6 Å². The third-order valence-electron chi connectivity index (χ3n) is 2.73. The summed E-state index contributed by atoms with van der Waals surface area (Å²) in [6.45, 7) is 0. The Bertz CT molecular complexity index is 670. The molecule has 0 unspecified atom stereocenters. The molecule has 0 bridgehead atoms. The number of carbonyl (C=O) groups excluding carboxylic acids is 2. The van der Waals surface area contributed by atoms with Crippen molar-refractivity contribution in [3.05, 3.63) is 90.0 Å². The van der Waals surface area contributed by atoms with Crippen LogP contribution < -0.4 is 0 Å². The number of rotatable bonds is 0. The molecular formula is C18H14O2. The summed E-state index contributed by atoms with van der Waals surface area (Å²) in [6.07, 6.45) is 2.98. The highest BCUT2D eigenvalue weighted by atomic mass is 16.2. The summed E-state index contributed by atoms with van der Waals surface area (Å²) in [5.41, 5.74) is 1.16. The highest BCUT2D eigenvalue weighted by molar-refractivity contribution is 6.49. The van der Waals surface area contributed by atoms with E-state index >= 15 is 0 Å². The second-order valence-corrected chi connectivity index (χ2v) is 4.15. The second-order valence-electron chi connectivity index (χ2n) is 4.15. The number of Topliss-reactive ketones (excluding diaryl/α,β-unsaturated/α-hetero) is 1. The SMILES string of the molecule is O=C1C=Cc2ccccccccccccc2C1=O.